The van der Waals surface area contributed by atoms with Crippen LogP contribution in [0.1, 0.15) is 16.1 Å². The van der Waals surface area contributed by atoms with Crippen molar-refractivity contribution < 1.29 is 9.18 Å². The van der Waals surface area contributed by atoms with Crippen molar-refractivity contribution in [1.82, 2.24) is 39.8 Å². The Morgan fingerprint density at radius 3 is 2.61 bits per heavy atom. The standard InChI is InChI=1S/C22H18FN9O/c23-18-8-4-5-16(13-18)14-30-12-10-20(27-30)24-22(33)19-9-11-31(26-19)15-32-28-21(25-29-32)17-6-2-1-3-7-17/h1-13H,14-15H2,(H,24,27,33). The molecular weight excluding hydrogens is 425 g/mol. The molecule has 164 valence electrons. The molecule has 0 fully saturated rings. The average Bonchev–Trinajstić information content (AvgIpc) is 3.57. The van der Waals surface area contributed by atoms with Gasteiger partial charge in [-0.15, -0.1) is 15.0 Å². The number of rotatable bonds is 7. The van der Waals surface area contributed by atoms with E-state index in [-0.39, 0.29) is 18.2 Å². The fraction of sp³-hybridized carbons (Fsp3) is 0.0909. The van der Waals surface area contributed by atoms with Gasteiger partial charge in [0.2, 0.25) is 5.82 Å². The number of tetrazole rings is 1. The zero-order chi connectivity index (χ0) is 22.6. The van der Waals surface area contributed by atoms with E-state index in [1.807, 2.05) is 36.4 Å². The molecule has 0 aliphatic rings. The molecule has 0 saturated carbocycles. The molecule has 0 aliphatic carbocycles. The molecule has 2 aromatic carbocycles. The second-order valence-corrected chi connectivity index (χ2v) is 7.22. The van der Waals surface area contributed by atoms with E-state index in [1.54, 1.807) is 35.3 Å². The molecule has 0 radical (unpaired) electrons. The third-order valence-electron chi connectivity index (χ3n) is 4.75. The van der Waals surface area contributed by atoms with E-state index in [0.29, 0.717) is 18.2 Å². The highest BCUT2D eigenvalue weighted by atomic mass is 19.1. The van der Waals surface area contributed by atoms with Gasteiger partial charge >= 0.3 is 0 Å². The molecule has 0 saturated heterocycles. The first kappa shape index (κ1) is 20.2. The molecule has 5 rings (SSSR count). The summed E-state index contributed by atoms with van der Waals surface area (Å²) in [5.41, 5.74) is 1.85. The van der Waals surface area contributed by atoms with Gasteiger partial charge in [-0.25, -0.2) is 9.07 Å². The minimum atomic E-state index is -0.402. The molecule has 11 heteroatoms. The molecule has 0 spiro atoms. The smallest absolute Gasteiger partial charge is 0.277 e. The molecule has 1 N–H and O–H groups in total. The first-order valence-electron chi connectivity index (χ1n) is 10.1. The number of nitrogens with zero attached hydrogens (tertiary/aromatic N) is 8. The maximum atomic E-state index is 13.3. The lowest BCUT2D eigenvalue weighted by Crippen LogP contribution is -2.16. The Kier molecular flexibility index (Phi) is 5.42. The van der Waals surface area contributed by atoms with E-state index in [1.165, 1.54) is 21.6 Å². The van der Waals surface area contributed by atoms with Gasteiger partial charge < -0.3 is 5.32 Å². The van der Waals surface area contributed by atoms with Gasteiger partial charge in [-0.3, -0.25) is 9.48 Å². The summed E-state index contributed by atoms with van der Waals surface area (Å²) in [6.45, 7) is 0.591. The van der Waals surface area contributed by atoms with Crippen molar-refractivity contribution in [2.75, 3.05) is 5.32 Å². The van der Waals surface area contributed by atoms with E-state index in [0.717, 1.165) is 11.1 Å². The van der Waals surface area contributed by atoms with Gasteiger partial charge in [0, 0.05) is 24.0 Å². The molecule has 3 aromatic heterocycles. The van der Waals surface area contributed by atoms with E-state index in [4.69, 9.17) is 0 Å². The molecule has 5 aromatic rings. The van der Waals surface area contributed by atoms with Crippen LogP contribution in [0.3, 0.4) is 0 Å². The number of amides is 1. The predicted molar refractivity (Wildman–Crippen MR) is 117 cm³/mol. The summed E-state index contributed by atoms with van der Waals surface area (Å²) in [7, 11) is 0. The first-order chi connectivity index (χ1) is 16.1. The highest BCUT2D eigenvalue weighted by Crippen LogP contribution is 2.12. The number of hydrogen-bond acceptors (Lipinski definition) is 6. The van der Waals surface area contributed by atoms with Gasteiger partial charge in [0.15, 0.2) is 18.2 Å². The van der Waals surface area contributed by atoms with Crippen LogP contribution < -0.4 is 5.32 Å². The van der Waals surface area contributed by atoms with Gasteiger partial charge in [0.05, 0.1) is 6.54 Å². The maximum Gasteiger partial charge on any atom is 0.277 e. The van der Waals surface area contributed by atoms with Crippen molar-refractivity contribution in [3.63, 3.8) is 0 Å². The number of halogens is 1. The van der Waals surface area contributed by atoms with Gasteiger partial charge in [-0.05, 0) is 29.0 Å². The number of anilines is 1. The van der Waals surface area contributed by atoms with Crippen LogP contribution in [0.15, 0.2) is 79.1 Å². The van der Waals surface area contributed by atoms with Crippen LogP contribution in [0.2, 0.25) is 0 Å². The Bertz CT molecular complexity index is 1390. The molecule has 10 nitrogen and oxygen atoms in total. The molecular formula is C22H18FN9O. The Morgan fingerprint density at radius 1 is 0.909 bits per heavy atom. The molecule has 3 heterocycles. The Morgan fingerprint density at radius 2 is 1.76 bits per heavy atom. The van der Waals surface area contributed by atoms with E-state index in [9.17, 15) is 9.18 Å². The van der Waals surface area contributed by atoms with E-state index in [2.05, 4.69) is 30.9 Å². The summed E-state index contributed by atoms with van der Waals surface area (Å²) in [5.74, 6) is 0.174. The Hall–Kier alpha value is -4.67. The lowest BCUT2D eigenvalue weighted by atomic mass is 10.2. The average molecular weight is 443 g/mol. The van der Waals surface area contributed by atoms with Gasteiger partial charge in [0.25, 0.3) is 5.91 Å². The van der Waals surface area contributed by atoms with Crippen LogP contribution in [-0.2, 0) is 13.2 Å². The number of carbonyl (C=O) groups excluding carboxylic acids is 1. The third kappa shape index (κ3) is 4.82. The van der Waals surface area contributed by atoms with Crippen molar-refractivity contribution in [1.29, 1.82) is 0 Å². The molecule has 0 unspecified atom stereocenters. The molecule has 1 amide bonds. The molecule has 0 atom stereocenters. The highest BCUT2D eigenvalue weighted by molar-refractivity contribution is 6.02. The number of aromatic nitrogens is 8. The van der Waals surface area contributed by atoms with Gasteiger partial charge in [-0.2, -0.15) is 10.2 Å². The van der Waals surface area contributed by atoms with E-state index >= 15 is 0 Å². The van der Waals surface area contributed by atoms with Crippen molar-refractivity contribution in [2.45, 2.75) is 13.2 Å². The Labute approximate surface area is 187 Å². The largest absolute Gasteiger partial charge is 0.304 e. The lowest BCUT2D eigenvalue weighted by molar-refractivity contribution is 0.102. The van der Waals surface area contributed by atoms with Crippen LogP contribution in [0, 0.1) is 5.82 Å². The summed E-state index contributed by atoms with van der Waals surface area (Å²) < 4.78 is 16.5. The summed E-state index contributed by atoms with van der Waals surface area (Å²) in [4.78, 5) is 13.9. The van der Waals surface area contributed by atoms with Crippen molar-refractivity contribution >= 4 is 11.7 Å². The number of benzene rings is 2. The topological polar surface area (TPSA) is 108 Å². The van der Waals surface area contributed by atoms with Crippen molar-refractivity contribution in [3.8, 4) is 11.4 Å². The van der Waals surface area contributed by atoms with E-state index < -0.39 is 5.91 Å². The number of nitrogens with one attached hydrogen (secondary N) is 1. The summed E-state index contributed by atoms with van der Waals surface area (Å²) >= 11 is 0. The molecule has 33 heavy (non-hydrogen) atoms. The quantitative estimate of drug-likeness (QED) is 0.414. The second kappa shape index (κ2) is 8.83. The SMILES string of the molecule is O=C(Nc1ccn(Cc2cccc(F)c2)n1)c1ccn(Cn2nnc(-c3ccccc3)n2)n1. The third-order valence-corrected chi connectivity index (χ3v) is 4.75. The van der Waals surface area contributed by atoms with Crippen LogP contribution in [0.25, 0.3) is 11.4 Å². The second-order valence-electron chi connectivity index (χ2n) is 7.22. The van der Waals surface area contributed by atoms with Crippen LogP contribution >= 0.6 is 0 Å². The fourth-order valence-corrected chi connectivity index (χ4v) is 3.22. The summed E-state index contributed by atoms with van der Waals surface area (Å²) in [6.07, 6.45) is 3.36. The minimum Gasteiger partial charge on any atom is -0.304 e. The molecule has 0 bridgehead atoms. The number of carbonyl (C=O) groups is 1. The Balaban J connectivity index is 1.20. The van der Waals surface area contributed by atoms with Crippen LogP contribution in [0.4, 0.5) is 10.2 Å². The van der Waals surface area contributed by atoms with Crippen molar-refractivity contribution in [3.05, 3.63) is 96.2 Å². The normalized spacial score (nSPS) is 10.9. The van der Waals surface area contributed by atoms with Gasteiger partial charge in [0.1, 0.15) is 5.82 Å². The first-order valence-corrected chi connectivity index (χ1v) is 10.1. The summed E-state index contributed by atoms with van der Waals surface area (Å²) in [6, 6.07) is 19.1. The monoisotopic (exact) mass is 443 g/mol. The minimum absolute atomic E-state index is 0.204. The highest BCUT2D eigenvalue weighted by Gasteiger charge is 2.13. The van der Waals surface area contributed by atoms with Crippen LogP contribution in [0.5, 0.6) is 0 Å². The molecule has 0 aliphatic heterocycles. The number of hydrogen-bond donors (Lipinski definition) is 1. The zero-order valence-electron chi connectivity index (χ0n) is 17.3. The lowest BCUT2D eigenvalue weighted by Gasteiger charge is -2.02. The van der Waals surface area contributed by atoms with Crippen LogP contribution in [-0.4, -0.2) is 45.7 Å². The summed E-state index contributed by atoms with van der Waals surface area (Å²) in [5, 5.41) is 23.7. The fourth-order valence-electron chi connectivity index (χ4n) is 3.22. The predicted octanol–water partition coefficient (Wildman–Crippen LogP) is 2.68. The van der Waals surface area contributed by atoms with Crippen molar-refractivity contribution in [2.24, 2.45) is 0 Å². The maximum absolute atomic E-state index is 13.3. The zero-order valence-corrected chi connectivity index (χ0v) is 17.3. The van der Waals surface area contributed by atoms with Gasteiger partial charge in [-0.1, -0.05) is 42.5 Å².